The van der Waals surface area contributed by atoms with Crippen LogP contribution in [-0.4, -0.2) is 55.0 Å². The maximum atomic E-state index is 14.7. The molecule has 0 N–H and O–H groups in total. The van der Waals surface area contributed by atoms with E-state index in [1.54, 1.807) is 48.5 Å². The van der Waals surface area contributed by atoms with Gasteiger partial charge in [-0.3, -0.25) is 23.2 Å². The Morgan fingerprint density at radius 3 is 1.30 bits per heavy atom. The smallest absolute Gasteiger partial charge is 0.427 e. The lowest BCUT2D eigenvalue weighted by Gasteiger charge is -2.58. The predicted molar refractivity (Wildman–Crippen MR) is 186 cm³/mol. The molecule has 4 atom stereocenters. The molecule has 278 valence electrons. The van der Waals surface area contributed by atoms with E-state index in [-0.39, 0.29) is 26.4 Å². The van der Waals surface area contributed by atoms with Crippen molar-refractivity contribution in [3.05, 3.63) is 131 Å². The van der Waals surface area contributed by atoms with E-state index in [9.17, 15) is 14.2 Å². The summed E-state index contributed by atoms with van der Waals surface area (Å²) in [6.45, 7) is 1.75. The maximum Gasteiger partial charge on any atom is 0.475 e. The van der Waals surface area contributed by atoms with Crippen molar-refractivity contribution in [2.75, 3.05) is 0 Å². The molecule has 0 spiro atoms. The SMILES string of the molecule is CC(=O)Oc1ccc(COP(=O)(OCc2ccc(OC(C)=O)cc2)OC2C3OC4OC(C3OCc3ccccc3)C(OCc3ccccc3)C2O4)cc1. The van der Waals surface area contributed by atoms with Crippen LogP contribution in [0, 0.1) is 0 Å². The monoisotopic (exact) mass is 746 g/mol. The van der Waals surface area contributed by atoms with Crippen molar-refractivity contribution in [2.45, 2.75) is 83.4 Å². The fraction of sp³-hybridized carbons (Fsp3) is 0.333. The topological polar surface area (TPSA) is 144 Å². The highest BCUT2D eigenvalue weighted by molar-refractivity contribution is 7.48. The number of rotatable bonds is 16. The first-order chi connectivity index (χ1) is 25.7. The number of phosphoric acid groups is 1. The van der Waals surface area contributed by atoms with Crippen LogP contribution in [0.5, 0.6) is 11.5 Å². The Balaban J connectivity index is 1.14. The van der Waals surface area contributed by atoms with Crippen molar-refractivity contribution >= 4 is 19.8 Å². The van der Waals surface area contributed by atoms with Crippen LogP contribution in [0.15, 0.2) is 109 Å². The summed E-state index contributed by atoms with van der Waals surface area (Å²) in [4.78, 5) is 22.8. The van der Waals surface area contributed by atoms with Gasteiger partial charge >= 0.3 is 19.8 Å². The van der Waals surface area contributed by atoms with Gasteiger partial charge in [0.05, 0.1) is 26.4 Å². The van der Waals surface area contributed by atoms with Crippen LogP contribution in [0.25, 0.3) is 0 Å². The molecule has 0 amide bonds. The summed E-state index contributed by atoms with van der Waals surface area (Å²) in [5.41, 5.74) is 3.10. The van der Waals surface area contributed by atoms with Crippen LogP contribution < -0.4 is 9.47 Å². The number of carbonyl (C=O) groups excluding carboxylic acids is 2. The van der Waals surface area contributed by atoms with E-state index >= 15 is 0 Å². The molecule has 8 rings (SSSR count). The first-order valence-electron chi connectivity index (χ1n) is 17.1. The van der Waals surface area contributed by atoms with Gasteiger partial charge in [0.15, 0.2) is 0 Å². The summed E-state index contributed by atoms with van der Waals surface area (Å²) < 4.78 is 74.7. The Morgan fingerprint density at radius 1 is 0.528 bits per heavy atom. The van der Waals surface area contributed by atoms with Crippen LogP contribution in [0.4, 0.5) is 0 Å². The van der Waals surface area contributed by atoms with Crippen molar-refractivity contribution < 1.29 is 60.9 Å². The molecule has 4 fully saturated rings. The molecule has 4 unspecified atom stereocenters. The first kappa shape index (κ1) is 37.1. The molecule has 1 aliphatic carbocycles. The maximum absolute atomic E-state index is 14.7. The highest BCUT2D eigenvalue weighted by Crippen LogP contribution is 2.56. The average molecular weight is 747 g/mol. The van der Waals surface area contributed by atoms with Gasteiger partial charge in [0.1, 0.15) is 48.1 Å². The minimum Gasteiger partial charge on any atom is -0.427 e. The zero-order valence-corrected chi connectivity index (χ0v) is 29.9. The average Bonchev–Trinajstić information content (AvgIpc) is 3.15. The van der Waals surface area contributed by atoms with Crippen LogP contribution >= 0.6 is 7.82 Å². The van der Waals surface area contributed by atoms with Crippen molar-refractivity contribution in [3.8, 4) is 11.5 Å². The lowest BCUT2D eigenvalue weighted by atomic mass is 9.82. The summed E-state index contributed by atoms with van der Waals surface area (Å²) in [5.74, 6) is -0.211. The highest BCUT2D eigenvalue weighted by atomic mass is 31.2. The second-order valence-electron chi connectivity index (χ2n) is 12.7. The van der Waals surface area contributed by atoms with Crippen LogP contribution in [0.1, 0.15) is 36.1 Å². The number of phosphoric ester groups is 1. The van der Waals surface area contributed by atoms with Gasteiger partial charge in [0.25, 0.3) is 6.48 Å². The normalized spacial score (nSPS) is 24.5. The van der Waals surface area contributed by atoms with E-state index in [0.717, 1.165) is 11.1 Å². The number of esters is 2. The zero-order chi connectivity index (χ0) is 36.8. The minimum absolute atomic E-state index is 0.178. The zero-order valence-electron chi connectivity index (χ0n) is 29.0. The third kappa shape index (κ3) is 9.46. The van der Waals surface area contributed by atoms with E-state index in [4.69, 9.17) is 46.7 Å². The summed E-state index contributed by atoms with van der Waals surface area (Å²) in [5, 5.41) is 0. The molecule has 53 heavy (non-hydrogen) atoms. The number of carbonyl (C=O) groups is 2. The predicted octanol–water partition coefficient (Wildman–Crippen LogP) is 6.41. The van der Waals surface area contributed by atoms with Gasteiger partial charge < -0.3 is 33.2 Å². The molecule has 14 heteroatoms. The first-order valence-corrected chi connectivity index (χ1v) is 18.6. The van der Waals surface area contributed by atoms with Crippen LogP contribution in [0.3, 0.4) is 0 Å². The summed E-state index contributed by atoms with van der Waals surface area (Å²) in [7, 11) is -4.44. The van der Waals surface area contributed by atoms with Crippen molar-refractivity contribution in [2.24, 2.45) is 0 Å². The molecule has 4 aromatic carbocycles. The fourth-order valence-corrected chi connectivity index (χ4v) is 7.64. The Bertz CT molecular complexity index is 1740. The molecule has 0 radical (unpaired) electrons. The van der Waals surface area contributed by atoms with E-state index in [2.05, 4.69) is 0 Å². The Morgan fingerprint density at radius 2 is 0.906 bits per heavy atom. The lowest BCUT2D eigenvalue weighted by molar-refractivity contribution is -0.485. The molecule has 0 aromatic heterocycles. The van der Waals surface area contributed by atoms with E-state index in [1.165, 1.54) is 13.8 Å². The van der Waals surface area contributed by atoms with Crippen molar-refractivity contribution in [1.29, 1.82) is 0 Å². The van der Waals surface area contributed by atoms with Crippen molar-refractivity contribution in [1.82, 2.24) is 0 Å². The van der Waals surface area contributed by atoms with Gasteiger partial charge in [-0.2, -0.15) is 0 Å². The fourth-order valence-electron chi connectivity index (χ4n) is 6.29. The molecular weight excluding hydrogens is 707 g/mol. The Hall–Kier alpha value is -4.27. The molecule has 1 saturated carbocycles. The Labute approximate surface area is 306 Å². The third-order valence-electron chi connectivity index (χ3n) is 8.72. The largest absolute Gasteiger partial charge is 0.475 e. The molecule has 4 bridgehead atoms. The molecule has 4 aromatic rings. The van der Waals surface area contributed by atoms with Crippen LogP contribution in [-0.2, 0) is 77.8 Å². The molecule has 3 saturated heterocycles. The Kier molecular flexibility index (Phi) is 11.8. The second kappa shape index (κ2) is 16.8. The molecule has 3 aliphatic heterocycles. The van der Waals surface area contributed by atoms with Gasteiger partial charge in [0.2, 0.25) is 0 Å². The van der Waals surface area contributed by atoms with E-state index < -0.39 is 62.9 Å². The quantitative estimate of drug-likeness (QED) is 0.0708. The third-order valence-corrected chi connectivity index (χ3v) is 10.1. The number of hydrogen-bond donors (Lipinski definition) is 0. The van der Waals surface area contributed by atoms with E-state index in [1.807, 2.05) is 60.7 Å². The standard InChI is InChI=1S/C39H39O13P/c1-25(40)47-31-17-13-29(14-18-31)23-45-53(42,46-24-30-15-19-32(20-16-30)48-26(2)41)52-38-36-33(43-21-27-9-5-3-6-10-27)35-34(37(38)51-39(49-35)50-36)44-22-28-11-7-4-8-12-28/h3-20,33-39H,21-24H2,1-2H3. The molecular formula is C39H39O13P. The minimum atomic E-state index is -4.44. The van der Waals surface area contributed by atoms with Gasteiger partial charge in [-0.1, -0.05) is 84.9 Å². The van der Waals surface area contributed by atoms with Gasteiger partial charge in [-0.15, -0.1) is 0 Å². The summed E-state index contributed by atoms with van der Waals surface area (Å²) in [6.07, 6.45) is -4.59. The van der Waals surface area contributed by atoms with Crippen molar-refractivity contribution in [3.63, 3.8) is 0 Å². The number of hydrogen-bond acceptors (Lipinski definition) is 13. The van der Waals surface area contributed by atoms with Gasteiger partial charge in [-0.25, -0.2) is 4.57 Å². The summed E-state index contributed by atoms with van der Waals surface area (Å²) in [6, 6.07) is 32.4. The number of benzene rings is 4. The van der Waals surface area contributed by atoms with Gasteiger partial charge in [0, 0.05) is 13.8 Å². The molecule has 3 heterocycles. The second-order valence-corrected chi connectivity index (χ2v) is 14.3. The lowest BCUT2D eigenvalue weighted by Crippen LogP contribution is -2.76. The molecule has 13 nitrogen and oxygen atoms in total. The number of ether oxygens (including phenoxy) is 7. The van der Waals surface area contributed by atoms with E-state index in [0.29, 0.717) is 22.6 Å². The summed E-state index contributed by atoms with van der Waals surface area (Å²) >= 11 is 0. The van der Waals surface area contributed by atoms with Gasteiger partial charge in [-0.05, 0) is 46.5 Å². The highest BCUT2D eigenvalue weighted by Gasteiger charge is 2.65. The van der Waals surface area contributed by atoms with Crippen LogP contribution in [0.2, 0.25) is 0 Å². The molecule has 4 aliphatic rings.